The van der Waals surface area contributed by atoms with Crippen LogP contribution in [0.3, 0.4) is 0 Å². The smallest absolute Gasteiger partial charge is 0.266 e. The Bertz CT molecular complexity index is 995. The number of H-pyrrole nitrogens is 1. The van der Waals surface area contributed by atoms with Gasteiger partial charge in [-0.25, -0.2) is 0 Å². The molecule has 0 fully saturated rings. The molecule has 3 nitrogen and oxygen atoms in total. The predicted molar refractivity (Wildman–Crippen MR) is 97.4 cm³/mol. The van der Waals surface area contributed by atoms with Crippen LogP contribution in [0.1, 0.15) is 11.3 Å². The quantitative estimate of drug-likeness (QED) is 0.687. The number of nitriles is 1. The second kappa shape index (κ2) is 6.52. The third-order valence-corrected chi connectivity index (χ3v) is 4.11. The normalized spacial score (nSPS) is 10.4. The molecule has 1 heterocycles. The van der Waals surface area contributed by atoms with E-state index in [4.69, 9.17) is 23.2 Å². The average Bonchev–Trinajstić information content (AvgIpc) is 2.53. The first-order valence-electron chi connectivity index (χ1n) is 7.19. The largest absolute Gasteiger partial charge is 0.325 e. The van der Waals surface area contributed by atoms with E-state index in [-0.39, 0.29) is 11.1 Å². The third-order valence-electron chi connectivity index (χ3n) is 3.67. The Balaban J connectivity index is 2.08. The molecular formula is C19H12Cl2N2O. The number of benzene rings is 2. The standard InChI is InChI=1S/C19H12Cl2N2O/c1-11-6-17(18(10-22)19(24)23-11)13-4-2-12(3-5-13)14-7-15(20)9-16(21)8-14/h2-9H,1H3,(H,23,24). The molecule has 0 radical (unpaired) electrons. The average molecular weight is 355 g/mol. The maximum absolute atomic E-state index is 11.9. The molecule has 0 saturated heterocycles. The molecule has 3 aromatic rings. The van der Waals surface area contributed by atoms with E-state index >= 15 is 0 Å². The molecule has 0 aliphatic heterocycles. The van der Waals surface area contributed by atoms with Crippen molar-refractivity contribution < 1.29 is 0 Å². The number of hydrogen-bond acceptors (Lipinski definition) is 2. The van der Waals surface area contributed by atoms with E-state index in [1.54, 1.807) is 19.1 Å². The summed E-state index contributed by atoms with van der Waals surface area (Å²) in [6.45, 7) is 1.79. The van der Waals surface area contributed by atoms with Crippen molar-refractivity contribution in [2.24, 2.45) is 0 Å². The summed E-state index contributed by atoms with van der Waals surface area (Å²) in [5, 5.41) is 10.4. The van der Waals surface area contributed by atoms with Crippen LogP contribution in [0.5, 0.6) is 0 Å². The van der Waals surface area contributed by atoms with E-state index in [1.807, 2.05) is 42.5 Å². The fourth-order valence-corrected chi connectivity index (χ4v) is 3.12. The zero-order chi connectivity index (χ0) is 17.3. The number of pyridine rings is 1. The number of nitrogens with zero attached hydrogens (tertiary/aromatic N) is 1. The molecule has 0 unspecified atom stereocenters. The van der Waals surface area contributed by atoms with Gasteiger partial charge in [0, 0.05) is 21.3 Å². The molecule has 0 atom stereocenters. The first-order valence-corrected chi connectivity index (χ1v) is 7.94. The van der Waals surface area contributed by atoms with E-state index in [2.05, 4.69) is 4.98 Å². The number of hydrogen-bond donors (Lipinski definition) is 1. The fraction of sp³-hybridized carbons (Fsp3) is 0.0526. The Morgan fingerprint density at radius 1 is 0.917 bits per heavy atom. The lowest BCUT2D eigenvalue weighted by Gasteiger charge is -2.08. The van der Waals surface area contributed by atoms with Crippen molar-refractivity contribution in [1.82, 2.24) is 4.98 Å². The monoisotopic (exact) mass is 354 g/mol. The van der Waals surface area contributed by atoms with Gasteiger partial charge in [-0.3, -0.25) is 4.79 Å². The first kappa shape index (κ1) is 16.3. The number of halogens is 2. The van der Waals surface area contributed by atoms with Gasteiger partial charge in [0.2, 0.25) is 0 Å². The summed E-state index contributed by atoms with van der Waals surface area (Å²) in [5.74, 6) is 0. The minimum Gasteiger partial charge on any atom is -0.325 e. The molecule has 3 rings (SSSR count). The van der Waals surface area contributed by atoms with Crippen molar-refractivity contribution in [2.45, 2.75) is 6.92 Å². The van der Waals surface area contributed by atoms with Gasteiger partial charge in [0.05, 0.1) is 0 Å². The second-order valence-electron chi connectivity index (χ2n) is 5.42. The Morgan fingerprint density at radius 3 is 2.08 bits per heavy atom. The van der Waals surface area contributed by atoms with Gasteiger partial charge >= 0.3 is 0 Å². The maximum Gasteiger partial charge on any atom is 0.266 e. The molecule has 0 amide bonds. The lowest BCUT2D eigenvalue weighted by atomic mass is 9.98. The van der Waals surface area contributed by atoms with Crippen molar-refractivity contribution in [3.63, 3.8) is 0 Å². The summed E-state index contributed by atoms with van der Waals surface area (Å²) >= 11 is 12.1. The van der Waals surface area contributed by atoms with Gasteiger partial charge in [0.15, 0.2) is 0 Å². The molecule has 0 saturated carbocycles. The maximum atomic E-state index is 11.9. The van der Waals surface area contributed by atoms with Gasteiger partial charge in [-0.05, 0) is 47.9 Å². The van der Waals surface area contributed by atoms with Crippen LogP contribution in [0, 0.1) is 18.3 Å². The zero-order valence-electron chi connectivity index (χ0n) is 12.7. The van der Waals surface area contributed by atoms with Crippen molar-refractivity contribution >= 4 is 23.2 Å². The molecule has 0 aliphatic carbocycles. The van der Waals surface area contributed by atoms with Gasteiger partial charge in [0.25, 0.3) is 5.56 Å². The van der Waals surface area contributed by atoms with Crippen molar-refractivity contribution in [3.8, 4) is 28.3 Å². The SMILES string of the molecule is Cc1cc(-c2ccc(-c3cc(Cl)cc(Cl)c3)cc2)c(C#N)c(=O)[nH]1. The number of aromatic amines is 1. The second-order valence-corrected chi connectivity index (χ2v) is 6.29. The van der Waals surface area contributed by atoms with Crippen LogP contribution in [0.25, 0.3) is 22.3 Å². The van der Waals surface area contributed by atoms with Crippen LogP contribution >= 0.6 is 23.2 Å². The van der Waals surface area contributed by atoms with E-state index in [1.165, 1.54) is 0 Å². The van der Waals surface area contributed by atoms with Crippen molar-refractivity contribution in [2.75, 3.05) is 0 Å². The van der Waals surface area contributed by atoms with Gasteiger partial charge in [-0.1, -0.05) is 47.5 Å². The molecule has 2 aromatic carbocycles. The summed E-state index contributed by atoms with van der Waals surface area (Å²) in [6.07, 6.45) is 0. The number of aromatic nitrogens is 1. The highest BCUT2D eigenvalue weighted by atomic mass is 35.5. The third kappa shape index (κ3) is 3.21. The molecule has 1 aromatic heterocycles. The molecule has 5 heteroatoms. The van der Waals surface area contributed by atoms with Crippen LogP contribution < -0.4 is 5.56 Å². The summed E-state index contributed by atoms with van der Waals surface area (Å²) in [5.41, 5.74) is 3.72. The molecule has 118 valence electrons. The van der Waals surface area contributed by atoms with Crippen LogP contribution in [0.4, 0.5) is 0 Å². The molecule has 1 N–H and O–H groups in total. The van der Waals surface area contributed by atoms with Crippen molar-refractivity contribution in [1.29, 1.82) is 5.26 Å². The van der Waals surface area contributed by atoms with E-state index < -0.39 is 0 Å². The zero-order valence-corrected chi connectivity index (χ0v) is 14.2. The first-order chi connectivity index (χ1) is 11.5. The van der Waals surface area contributed by atoms with Gasteiger partial charge in [-0.2, -0.15) is 5.26 Å². The Hall–Kier alpha value is -2.54. The van der Waals surface area contributed by atoms with Gasteiger partial charge < -0.3 is 4.98 Å². The Labute approximate surface area is 149 Å². The highest BCUT2D eigenvalue weighted by molar-refractivity contribution is 6.35. The highest BCUT2D eigenvalue weighted by Gasteiger charge is 2.10. The van der Waals surface area contributed by atoms with E-state index in [0.29, 0.717) is 21.3 Å². The highest BCUT2D eigenvalue weighted by Crippen LogP contribution is 2.29. The Morgan fingerprint density at radius 2 is 1.50 bits per heavy atom. The Kier molecular flexibility index (Phi) is 4.44. The van der Waals surface area contributed by atoms with Gasteiger partial charge in [0.1, 0.15) is 11.6 Å². The van der Waals surface area contributed by atoms with Crippen LogP contribution in [-0.2, 0) is 0 Å². The van der Waals surface area contributed by atoms with E-state index in [9.17, 15) is 10.1 Å². The van der Waals surface area contributed by atoms with Crippen molar-refractivity contribution in [3.05, 3.63) is 80.2 Å². The van der Waals surface area contributed by atoms with Crippen LogP contribution in [0.2, 0.25) is 10.0 Å². The lowest BCUT2D eigenvalue weighted by molar-refractivity contribution is 1.13. The molecule has 0 spiro atoms. The molecule has 0 bridgehead atoms. The minimum absolute atomic E-state index is 0.110. The molecular weight excluding hydrogens is 343 g/mol. The molecule has 0 aliphatic rings. The number of aryl methyl sites for hydroxylation is 1. The summed E-state index contributed by atoms with van der Waals surface area (Å²) in [4.78, 5) is 14.6. The number of nitrogens with one attached hydrogen (secondary N) is 1. The number of rotatable bonds is 2. The summed E-state index contributed by atoms with van der Waals surface area (Å²) in [6, 6.07) is 16.7. The predicted octanol–water partition coefficient (Wildman–Crippen LogP) is 5.20. The summed E-state index contributed by atoms with van der Waals surface area (Å²) < 4.78 is 0. The van der Waals surface area contributed by atoms with E-state index in [0.717, 1.165) is 16.7 Å². The molecule has 24 heavy (non-hydrogen) atoms. The van der Waals surface area contributed by atoms with Gasteiger partial charge in [-0.15, -0.1) is 0 Å². The lowest BCUT2D eigenvalue weighted by Crippen LogP contribution is -2.12. The minimum atomic E-state index is -0.377. The topological polar surface area (TPSA) is 56.6 Å². The summed E-state index contributed by atoms with van der Waals surface area (Å²) in [7, 11) is 0. The van der Waals surface area contributed by atoms with Crippen LogP contribution in [-0.4, -0.2) is 4.98 Å². The fourth-order valence-electron chi connectivity index (χ4n) is 2.59. The van der Waals surface area contributed by atoms with Crippen LogP contribution in [0.15, 0.2) is 53.3 Å².